The zero-order valence-corrected chi connectivity index (χ0v) is 12.7. The predicted molar refractivity (Wildman–Crippen MR) is 86.3 cm³/mol. The highest BCUT2D eigenvalue weighted by atomic mass is 19.1. The van der Waals surface area contributed by atoms with Gasteiger partial charge in [0.05, 0.1) is 11.4 Å². The minimum atomic E-state index is -0.233. The number of nitrogens with zero attached hydrogens (tertiary/aromatic N) is 2. The first kappa shape index (κ1) is 14.5. The Bertz CT molecular complexity index is 786. The van der Waals surface area contributed by atoms with Crippen molar-refractivity contribution >= 4 is 0 Å². The molecule has 0 aliphatic carbocycles. The quantitative estimate of drug-likeness (QED) is 0.799. The fourth-order valence-corrected chi connectivity index (χ4v) is 2.70. The standard InChI is InChI=1S/C18H18FN3/c1-12-18(15-5-7-16(19)8-6-15)13(2)22(21-12)17-9-3-14(11-20)4-10-17/h3-10H,11,20H2,1-2H3. The molecule has 2 N–H and O–H groups in total. The molecule has 0 amide bonds. The molecular formula is C18H18FN3. The Morgan fingerprint density at radius 3 is 2.23 bits per heavy atom. The fraction of sp³-hybridized carbons (Fsp3) is 0.167. The Morgan fingerprint density at radius 2 is 1.64 bits per heavy atom. The monoisotopic (exact) mass is 295 g/mol. The first-order valence-corrected chi connectivity index (χ1v) is 7.21. The Hall–Kier alpha value is -2.46. The van der Waals surface area contributed by atoms with Crippen LogP contribution in [-0.2, 0) is 6.54 Å². The summed E-state index contributed by atoms with van der Waals surface area (Å²) in [5.74, 6) is -0.233. The van der Waals surface area contributed by atoms with Crippen LogP contribution in [0.3, 0.4) is 0 Å². The van der Waals surface area contributed by atoms with Crippen LogP contribution in [0, 0.1) is 19.7 Å². The molecule has 0 spiro atoms. The first-order valence-electron chi connectivity index (χ1n) is 7.21. The molecule has 1 heterocycles. The molecule has 0 radical (unpaired) electrons. The zero-order valence-electron chi connectivity index (χ0n) is 12.7. The lowest BCUT2D eigenvalue weighted by molar-refractivity contribution is 0.628. The van der Waals surface area contributed by atoms with Gasteiger partial charge in [0.25, 0.3) is 0 Å². The van der Waals surface area contributed by atoms with Crippen LogP contribution in [0.2, 0.25) is 0 Å². The smallest absolute Gasteiger partial charge is 0.123 e. The van der Waals surface area contributed by atoms with Gasteiger partial charge < -0.3 is 5.73 Å². The van der Waals surface area contributed by atoms with Crippen LogP contribution in [0.4, 0.5) is 4.39 Å². The van der Waals surface area contributed by atoms with Gasteiger partial charge in [0.2, 0.25) is 0 Å². The second-order valence-corrected chi connectivity index (χ2v) is 5.34. The van der Waals surface area contributed by atoms with Crippen LogP contribution in [0.5, 0.6) is 0 Å². The number of hydrogen-bond acceptors (Lipinski definition) is 2. The van der Waals surface area contributed by atoms with Gasteiger partial charge in [-0.1, -0.05) is 24.3 Å². The highest BCUT2D eigenvalue weighted by Crippen LogP contribution is 2.28. The normalized spacial score (nSPS) is 10.9. The molecule has 1 aromatic heterocycles. The van der Waals surface area contributed by atoms with E-state index in [1.165, 1.54) is 12.1 Å². The Morgan fingerprint density at radius 1 is 1.00 bits per heavy atom. The van der Waals surface area contributed by atoms with E-state index in [9.17, 15) is 4.39 Å². The van der Waals surface area contributed by atoms with Crippen molar-refractivity contribution in [2.24, 2.45) is 5.73 Å². The van der Waals surface area contributed by atoms with Crippen molar-refractivity contribution in [3.8, 4) is 16.8 Å². The van der Waals surface area contributed by atoms with Crippen LogP contribution < -0.4 is 5.73 Å². The number of nitrogens with two attached hydrogens (primary N) is 1. The molecule has 0 unspecified atom stereocenters. The topological polar surface area (TPSA) is 43.8 Å². The van der Waals surface area contributed by atoms with Crippen LogP contribution in [0.1, 0.15) is 17.0 Å². The second kappa shape index (κ2) is 5.73. The molecule has 0 aliphatic heterocycles. The van der Waals surface area contributed by atoms with Gasteiger partial charge in [0.1, 0.15) is 5.82 Å². The number of benzene rings is 2. The summed E-state index contributed by atoms with van der Waals surface area (Å²) >= 11 is 0. The minimum absolute atomic E-state index is 0.233. The molecule has 0 aliphatic rings. The Kier molecular flexibility index (Phi) is 3.77. The summed E-state index contributed by atoms with van der Waals surface area (Å²) in [6, 6.07) is 14.5. The lowest BCUT2D eigenvalue weighted by Gasteiger charge is -2.07. The van der Waals surface area contributed by atoms with Crippen LogP contribution in [0.15, 0.2) is 48.5 Å². The number of hydrogen-bond donors (Lipinski definition) is 1. The molecule has 22 heavy (non-hydrogen) atoms. The molecule has 0 atom stereocenters. The van der Waals surface area contributed by atoms with Crippen molar-refractivity contribution in [1.29, 1.82) is 0 Å². The van der Waals surface area contributed by atoms with E-state index in [1.807, 2.05) is 42.8 Å². The van der Waals surface area contributed by atoms with E-state index in [-0.39, 0.29) is 5.82 Å². The summed E-state index contributed by atoms with van der Waals surface area (Å²) in [6.07, 6.45) is 0. The van der Waals surface area contributed by atoms with E-state index in [0.717, 1.165) is 33.8 Å². The van der Waals surface area contributed by atoms with Gasteiger partial charge in [-0.25, -0.2) is 9.07 Å². The lowest BCUT2D eigenvalue weighted by atomic mass is 10.0. The molecule has 3 aromatic rings. The van der Waals surface area contributed by atoms with Crippen molar-refractivity contribution in [1.82, 2.24) is 9.78 Å². The van der Waals surface area contributed by atoms with E-state index in [1.54, 1.807) is 12.1 Å². The third-order valence-corrected chi connectivity index (χ3v) is 3.84. The highest BCUT2D eigenvalue weighted by Gasteiger charge is 2.14. The predicted octanol–water partition coefficient (Wildman–Crippen LogP) is 3.75. The van der Waals surface area contributed by atoms with Crippen molar-refractivity contribution < 1.29 is 4.39 Å². The maximum Gasteiger partial charge on any atom is 0.123 e. The third kappa shape index (κ3) is 2.53. The summed E-state index contributed by atoms with van der Waals surface area (Å²) < 4.78 is 15.0. The summed E-state index contributed by atoms with van der Waals surface area (Å²) in [6.45, 7) is 4.52. The van der Waals surface area contributed by atoms with Crippen molar-refractivity contribution in [3.05, 3.63) is 71.3 Å². The lowest BCUT2D eigenvalue weighted by Crippen LogP contribution is -2.01. The molecule has 112 valence electrons. The van der Waals surface area contributed by atoms with Gasteiger partial charge >= 0.3 is 0 Å². The van der Waals surface area contributed by atoms with Gasteiger partial charge in [0.15, 0.2) is 0 Å². The van der Waals surface area contributed by atoms with Gasteiger partial charge in [-0.2, -0.15) is 5.10 Å². The van der Waals surface area contributed by atoms with Crippen molar-refractivity contribution in [2.45, 2.75) is 20.4 Å². The summed E-state index contributed by atoms with van der Waals surface area (Å²) in [5, 5.41) is 4.63. The summed E-state index contributed by atoms with van der Waals surface area (Å²) in [4.78, 5) is 0. The summed E-state index contributed by atoms with van der Waals surface area (Å²) in [5.41, 5.74) is 11.7. The van der Waals surface area contributed by atoms with E-state index in [4.69, 9.17) is 5.73 Å². The van der Waals surface area contributed by atoms with Crippen LogP contribution in [0.25, 0.3) is 16.8 Å². The van der Waals surface area contributed by atoms with E-state index < -0.39 is 0 Å². The maximum absolute atomic E-state index is 13.1. The number of rotatable bonds is 3. The van der Waals surface area contributed by atoms with Gasteiger partial charge in [-0.05, 0) is 49.2 Å². The van der Waals surface area contributed by atoms with Crippen molar-refractivity contribution in [3.63, 3.8) is 0 Å². The van der Waals surface area contributed by atoms with Crippen LogP contribution in [-0.4, -0.2) is 9.78 Å². The molecule has 0 bridgehead atoms. The van der Waals surface area contributed by atoms with Crippen molar-refractivity contribution in [2.75, 3.05) is 0 Å². The molecule has 0 fully saturated rings. The second-order valence-electron chi connectivity index (χ2n) is 5.34. The average molecular weight is 295 g/mol. The third-order valence-electron chi connectivity index (χ3n) is 3.84. The zero-order chi connectivity index (χ0) is 15.7. The van der Waals surface area contributed by atoms with Gasteiger partial charge in [-0.15, -0.1) is 0 Å². The number of aromatic nitrogens is 2. The molecule has 0 saturated heterocycles. The molecule has 0 saturated carbocycles. The highest BCUT2D eigenvalue weighted by molar-refractivity contribution is 5.69. The average Bonchev–Trinajstić information content (AvgIpc) is 2.83. The SMILES string of the molecule is Cc1nn(-c2ccc(CN)cc2)c(C)c1-c1ccc(F)cc1. The van der Waals surface area contributed by atoms with E-state index in [2.05, 4.69) is 5.10 Å². The minimum Gasteiger partial charge on any atom is -0.326 e. The first-order chi connectivity index (χ1) is 10.6. The van der Waals surface area contributed by atoms with E-state index in [0.29, 0.717) is 6.54 Å². The Balaban J connectivity index is 2.07. The molecular weight excluding hydrogens is 277 g/mol. The number of aryl methyl sites for hydroxylation is 1. The molecule has 2 aromatic carbocycles. The molecule has 3 nitrogen and oxygen atoms in total. The maximum atomic E-state index is 13.1. The van der Waals surface area contributed by atoms with Gasteiger partial charge in [0, 0.05) is 17.8 Å². The Labute approximate surface area is 129 Å². The molecule has 4 heteroatoms. The van der Waals surface area contributed by atoms with E-state index >= 15 is 0 Å². The largest absolute Gasteiger partial charge is 0.326 e. The van der Waals surface area contributed by atoms with Gasteiger partial charge in [-0.3, -0.25) is 0 Å². The van der Waals surface area contributed by atoms with Crippen LogP contribution >= 0.6 is 0 Å². The number of halogens is 1. The summed E-state index contributed by atoms with van der Waals surface area (Å²) in [7, 11) is 0. The molecule has 3 rings (SSSR count). The fourth-order valence-electron chi connectivity index (χ4n) is 2.70.